The summed E-state index contributed by atoms with van der Waals surface area (Å²) >= 11 is 0. The smallest absolute Gasteiger partial charge is 0.248 e. The molecule has 1 fully saturated rings. The van der Waals surface area contributed by atoms with Gasteiger partial charge in [0.05, 0.1) is 17.8 Å². The van der Waals surface area contributed by atoms with Crippen LogP contribution in [0.25, 0.3) is 0 Å². The number of hydrogen-bond donors (Lipinski definition) is 4. The molecule has 162 valence electrons. The molecular formula is C20H26N4O6. The molecule has 4 atom stereocenters. The summed E-state index contributed by atoms with van der Waals surface area (Å²) in [6.45, 7) is 2.56. The second-order valence-electron chi connectivity index (χ2n) is 7.95. The number of carbonyl (C=O) groups is 2. The molecular weight excluding hydrogens is 392 g/mol. The van der Waals surface area contributed by atoms with E-state index < -0.39 is 29.7 Å². The first-order valence-electron chi connectivity index (χ1n) is 10.1. The van der Waals surface area contributed by atoms with E-state index in [4.69, 9.17) is 20.0 Å². The molecule has 1 saturated heterocycles. The maximum Gasteiger partial charge on any atom is 0.248 e. The van der Waals surface area contributed by atoms with Gasteiger partial charge in [-0.15, -0.1) is 0 Å². The van der Waals surface area contributed by atoms with Gasteiger partial charge in [-0.3, -0.25) is 9.59 Å². The van der Waals surface area contributed by atoms with Crippen molar-refractivity contribution in [1.29, 1.82) is 0 Å². The summed E-state index contributed by atoms with van der Waals surface area (Å²) in [6, 6.07) is 4.38. The fourth-order valence-corrected chi connectivity index (χ4v) is 4.07. The quantitative estimate of drug-likeness (QED) is 0.479. The van der Waals surface area contributed by atoms with E-state index in [0.717, 1.165) is 11.3 Å². The summed E-state index contributed by atoms with van der Waals surface area (Å²) in [6.07, 6.45) is 0.676. The number of rotatable bonds is 7. The highest BCUT2D eigenvalue weighted by molar-refractivity contribution is 6.02. The maximum absolute atomic E-state index is 12.7. The van der Waals surface area contributed by atoms with Crippen LogP contribution < -0.4 is 25.8 Å². The lowest BCUT2D eigenvalue weighted by molar-refractivity contribution is -0.130. The van der Waals surface area contributed by atoms with Gasteiger partial charge in [-0.2, -0.15) is 0 Å². The third-order valence-corrected chi connectivity index (χ3v) is 5.71. The number of fused-ring (bicyclic) bond motifs is 1. The van der Waals surface area contributed by atoms with Crippen LogP contribution in [0.5, 0.6) is 11.5 Å². The molecule has 4 rings (SSSR count). The number of nitrogens with two attached hydrogens (primary N) is 1. The van der Waals surface area contributed by atoms with Crippen LogP contribution in [-0.4, -0.2) is 59.8 Å². The predicted octanol–water partition coefficient (Wildman–Crippen LogP) is -0.228. The lowest BCUT2D eigenvalue weighted by Crippen LogP contribution is -2.53. The largest absolute Gasteiger partial charge is 0.454 e. The lowest BCUT2D eigenvalue weighted by atomic mass is 9.91. The average Bonchev–Trinajstić information content (AvgIpc) is 3.46. The Morgan fingerprint density at radius 1 is 1.40 bits per heavy atom. The molecule has 2 amide bonds. The number of hydrogen-bond acceptors (Lipinski definition) is 8. The number of nitrogens with zero attached hydrogens (tertiary/aromatic N) is 1. The third kappa shape index (κ3) is 3.92. The van der Waals surface area contributed by atoms with Crippen molar-refractivity contribution in [3.63, 3.8) is 0 Å². The topological polar surface area (TPSA) is 144 Å². The van der Waals surface area contributed by atoms with Crippen LogP contribution >= 0.6 is 0 Å². The van der Waals surface area contributed by atoms with Crippen molar-refractivity contribution < 1.29 is 29.0 Å². The molecule has 3 heterocycles. The molecule has 1 spiro atoms. The van der Waals surface area contributed by atoms with Crippen LogP contribution in [0, 0.1) is 0 Å². The van der Waals surface area contributed by atoms with Crippen LogP contribution in [0.4, 0.5) is 0 Å². The molecule has 0 aromatic heterocycles. The zero-order chi connectivity index (χ0) is 21.3. The Labute approximate surface area is 173 Å². The van der Waals surface area contributed by atoms with Crippen molar-refractivity contribution in [2.75, 3.05) is 13.3 Å². The van der Waals surface area contributed by atoms with Crippen LogP contribution in [0.2, 0.25) is 0 Å². The van der Waals surface area contributed by atoms with Gasteiger partial charge in [-0.1, -0.05) is 18.5 Å². The van der Waals surface area contributed by atoms with Gasteiger partial charge in [0.15, 0.2) is 23.2 Å². The monoisotopic (exact) mass is 418 g/mol. The Balaban J connectivity index is 1.37. The second-order valence-corrected chi connectivity index (χ2v) is 7.95. The molecule has 0 radical (unpaired) electrons. The van der Waals surface area contributed by atoms with E-state index in [0.29, 0.717) is 43.7 Å². The van der Waals surface area contributed by atoms with E-state index in [1.165, 1.54) is 0 Å². The summed E-state index contributed by atoms with van der Waals surface area (Å²) in [5.74, 6) is 0.219. The van der Waals surface area contributed by atoms with Crippen LogP contribution in [0.1, 0.15) is 38.2 Å². The van der Waals surface area contributed by atoms with E-state index in [-0.39, 0.29) is 12.7 Å². The van der Waals surface area contributed by atoms with Crippen molar-refractivity contribution in [1.82, 2.24) is 10.6 Å². The molecule has 1 aromatic carbocycles. The number of primary amides is 1. The number of nitrogens with one attached hydrogen (secondary N) is 2. The number of ether oxygens (including phenoxy) is 2. The molecule has 0 aliphatic carbocycles. The molecule has 0 saturated carbocycles. The van der Waals surface area contributed by atoms with Crippen molar-refractivity contribution in [3.8, 4) is 11.5 Å². The molecule has 3 aliphatic rings. The highest BCUT2D eigenvalue weighted by atomic mass is 16.7. The van der Waals surface area contributed by atoms with Gasteiger partial charge < -0.3 is 35.8 Å². The molecule has 0 bridgehead atoms. The highest BCUT2D eigenvalue weighted by Crippen LogP contribution is 2.37. The first-order valence-corrected chi connectivity index (χ1v) is 10.1. The molecule has 1 aromatic rings. The Morgan fingerprint density at radius 2 is 2.20 bits per heavy atom. The van der Waals surface area contributed by atoms with E-state index in [9.17, 15) is 14.7 Å². The van der Waals surface area contributed by atoms with Gasteiger partial charge in [-0.05, 0) is 24.6 Å². The third-order valence-electron chi connectivity index (χ3n) is 5.71. The fourth-order valence-electron chi connectivity index (χ4n) is 4.07. The molecule has 10 nitrogen and oxygen atoms in total. The van der Waals surface area contributed by atoms with Gasteiger partial charge >= 0.3 is 0 Å². The van der Waals surface area contributed by atoms with E-state index in [1.54, 1.807) is 0 Å². The van der Waals surface area contributed by atoms with Crippen LogP contribution in [0.3, 0.4) is 0 Å². The van der Waals surface area contributed by atoms with Gasteiger partial charge in [0.2, 0.25) is 18.6 Å². The minimum Gasteiger partial charge on any atom is -0.454 e. The second kappa shape index (κ2) is 8.11. The number of amides is 2. The van der Waals surface area contributed by atoms with Crippen molar-refractivity contribution in [2.45, 2.75) is 56.4 Å². The number of carbonyl (C=O) groups excluding carboxylic acids is 2. The zero-order valence-electron chi connectivity index (χ0n) is 16.7. The number of aliphatic hydroxyl groups excluding tert-OH is 1. The summed E-state index contributed by atoms with van der Waals surface area (Å²) in [4.78, 5) is 29.8. The molecule has 30 heavy (non-hydrogen) atoms. The first kappa shape index (κ1) is 20.4. The Kier molecular flexibility index (Phi) is 5.52. The SMILES string of the molecule is CCC[C@H](NC(=O)C1C[C@@]2(CN1)CC(c1ccc3c(c1)OCO3)=NO2)C(O)C(N)=O. The Morgan fingerprint density at radius 3 is 2.97 bits per heavy atom. The molecule has 2 unspecified atom stereocenters. The average molecular weight is 418 g/mol. The van der Waals surface area contributed by atoms with Gasteiger partial charge in [0.25, 0.3) is 0 Å². The number of oxime groups is 1. The first-order chi connectivity index (χ1) is 14.4. The van der Waals surface area contributed by atoms with E-state index in [1.807, 2.05) is 25.1 Å². The van der Waals surface area contributed by atoms with Crippen LogP contribution in [-0.2, 0) is 14.4 Å². The highest BCUT2D eigenvalue weighted by Gasteiger charge is 2.48. The molecule has 10 heteroatoms. The minimum absolute atomic E-state index is 0.204. The maximum atomic E-state index is 12.7. The van der Waals surface area contributed by atoms with E-state index in [2.05, 4.69) is 15.8 Å². The van der Waals surface area contributed by atoms with Gasteiger partial charge in [0, 0.05) is 24.9 Å². The Hall–Kier alpha value is -2.85. The summed E-state index contributed by atoms with van der Waals surface area (Å²) < 4.78 is 10.8. The van der Waals surface area contributed by atoms with Gasteiger partial charge in [-0.25, -0.2) is 0 Å². The van der Waals surface area contributed by atoms with Crippen molar-refractivity contribution >= 4 is 17.5 Å². The number of benzene rings is 1. The standard InChI is InChI=1S/C20H26N4O6/c1-2-3-12(17(25)18(21)26)23-19(27)14-8-20(9-22-14)7-13(24-30-20)11-4-5-15-16(6-11)29-10-28-15/h4-6,12,14,17,22,25H,2-3,7-10H2,1H3,(H2,21,26)(H,23,27)/t12-,14?,17?,20+/m0/s1. The Bertz CT molecular complexity index is 875. The predicted molar refractivity (Wildman–Crippen MR) is 106 cm³/mol. The lowest BCUT2D eigenvalue weighted by Gasteiger charge is -2.24. The van der Waals surface area contributed by atoms with E-state index >= 15 is 0 Å². The van der Waals surface area contributed by atoms with Crippen molar-refractivity contribution in [2.24, 2.45) is 10.9 Å². The molecule has 5 N–H and O–H groups in total. The summed E-state index contributed by atoms with van der Waals surface area (Å²) in [7, 11) is 0. The van der Waals surface area contributed by atoms with Crippen molar-refractivity contribution in [3.05, 3.63) is 23.8 Å². The normalized spacial score (nSPS) is 26.2. The van der Waals surface area contributed by atoms with Crippen LogP contribution in [0.15, 0.2) is 23.4 Å². The fraction of sp³-hybridized carbons (Fsp3) is 0.550. The molecule has 3 aliphatic heterocycles. The summed E-state index contributed by atoms with van der Waals surface area (Å²) in [5, 5.41) is 20.1. The minimum atomic E-state index is -1.42. The zero-order valence-corrected chi connectivity index (χ0v) is 16.7. The number of aliphatic hydroxyl groups is 1. The summed E-state index contributed by atoms with van der Waals surface area (Å²) in [5.41, 5.74) is 6.24. The van der Waals surface area contributed by atoms with Gasteiger partial charge in [0.1, 0.15) is 0 Å².